The zero-order chi connectivity index (χ0) is 14.1. The van der Waals surface area contributed by atoms with Crippen molar-refractivity contribution < 1.29 is 14.1 Å². The average Bonchev–Trinajstić information content (AvgIpc) is 2.38. The predicted molar refractivity (Wildman–Crippen MR) is 78.9 cm³/mol. The Kier molecular flexibility index (Phi) is 20.9. The van der Waals surface area contributed by atoms with Crippen LogP contribution in [0.25, 0.3) is 0 Å². The summed E-state index contributed by atoms with van der Waals surface area (Å²) in [5.41, 5.74) is 0. The molecule has 0 amide bonds. The highest BCUT2D eigenvalue weighted by Crippen LogP contribution is 2.10. The summed E-state index contributed by atoms with van der Waals surface area (Å²) in [5.74, 6) is -0.157. The second-order valence-electron chi connectivity index (χ2n) is 4.52. The summed E-state index contributed by atoms with van der Waals surface area (Å²) in [6, 6.07) is 0. The number of carbonyl (C=O) groups excluding carboxylic acids is 1. The van der Waals surface area contributed by atoms with E-state index >= 15 is 0 Å². The molecule has 0 fully saturated rings. The molecule has 18 heavy (non-hydrogen) atoms. The topological polar surface area (TPSA) is 43.4 Å². The molecule has 1 unspecified atom stereocenters. The Hall–Kier alpha value is -0.430. The minimum absolute atomic E-state index is 0.157. The maximum atomic E-state index is 10.5. The number of unbranched alkanes of at least 4 members (excludes halogenated alkanes) is 9. The van der Waals surface area contributed by atoms with E-state index in [9.17, 15) is 4.79 Å². The van der Waals surface area contributed by atoms with Gasteiger partial charge in [0.2, 0.25) is 0 Å². The molecule has 0 aromatic carbocycles. The summed E-state index contributed by atoms with van der Waals surface area (Å²) < 4.78 is 13.0. The fraction of sp³-hybridized carbons (Fsp3) is 0.929. The number of hydrogen-bond donors (Lipinski definition) is 0. The van der Waals surface area contributed by atoms with Gasteiger partial charge in [0.15, 0.2) is 0 Å². The van der Waals surface area contributed by atoms with Crippen LogP contribution < -0.4 is 0 Å². The van der Waals surface area contributed by atoms with E-state index in [4.69, 9.17) is 9.30 Å². The molecule has 0 N–H and O–H groups in total. The third-order valence-electron chi connectivity index (χ3n) is 2.80. The van der Waals surface area contributed by atoms with Gasteiger partial charge in [0.05, 0.1) is 6.61 Å². The highest BCUT2D eigenvalue weighted by molar-refractivity contribution is 7.00. The summed E-state index contributed by atoms with van der Waals surface area (Å²) in [6.07, 6.45) is 13.1. The molecule has 0 aliphatic carbocycles. The van der Waals surface area contributed by atoms with Crippen LogP contribution in [0.1, 0.15) is 78.1 Å². The van der Waals surface area contributed by atoms with E-state index < -0.39 is 0 Å². The van der Waals surface area contributed by atoms with Crippen LogP contribution >= 0.6 is 9.12 Å². The number of rotatable bonds is 11. The van der Waals surface area contributed by atoms with E-state index in [-0.39, 0.29) is 5.97 Å². The largest absolute Gasteiger partial charge is 0.466 e. The van der Waals surface area contributed by atoms with Crippen LogP contribution in [-0.2, 0) is 14.1 Å². The van der Waals surface area contributed by atoms with Crippen LogP contribution in [0.4, 0.5) is 0 Å². The second kappa shape index (κ2) is 18.9. The summed E-state index contributed by atoms with van der Waals surface area (Å²) in [5, 5.41) is 0. The molecule has 0 saturated heterocycles. The first-order valence-electron chi connectivity index (χ1n) is 7.14. The monoisotopic (exact) mass is 277 g/mol. The second-order valence-corrected chi connectivity index (χ2v) is 4.52. The average molecular weight is 277 g/mol. The van der Waals surface area contributed by atoms with Crippen molar-refractivity contribution in [3.63, 3.8) is 0 Å². The van der Waals surface area contributed by atoms with E-state index in [1.165, 1.54) is 73.8 Å². The smallest absolute Gasteiger partial charge is 0.310 e. The first-order chi connectivity index (χ1) is 8.77. The van der Waals surface area contributed by atoms with E-state index in [0.717, 1.165) is 6.42 Å². The minimum atomic E-state index is -0.157. The van der Waals surface area contributed by atoms with Gasteiger partial charge in [-0.15, -0.1) is 0 Å². The van der Waals surface area contributed by atoms with Crippen molar-refractivity contribution in [2.45, 2.75) is 78.1 Å². The molecule has 3 nitrogen and oxygen atoms in total. The predicted octanol–water partition coefficient (Wildman–Crippen LogP) is 4.68. The van der Waals surface area contributed by atoms with Gasteiger partial charge in [-0.2, -0.15) is 0 Å². The number of ether oxygens (including phenoxy) is 1. The molecule has 0 aliphatic heterocycles. The number of carbonyl (C=O) groups is 1. The maximum Gasteiger partial charge on any atom is 0.310 e. The Bertz CT molecular complexity index is 174. The van der Waals surface area contributed by atoms with Gasteiger partial charge in [0.1, 0.15) is 0 Å². The normalized spacial score (nSPS) is 9.44. The molecule has 0 spiro atoms. The lowest BCUT2D eigenvalue weighted by atomic mass is 10.1. The van der Waals surface area contributed by atoms with Crippen molar-refractivity contribution in [3.05, 3.63) is 0 Å². The lowest BCUT2D eigenvalue weighted by Gasteiger charge is -2.02. The van der Waals surface area contributed by atoms with E-state index in [1.54, 1.807) is 0 Å². The van der Waals surface area contributed by atoms with E-state index in [2.05, 4.69) is 6.92 Å². The zero-order valence-corrected chi connectivity index (χ0v) is 13.2. The Morgan fingerprint density at radius 3 is 1.61 bits per heavy atom. The van der Waals surface area contributed by atoms with Gasteiger partial charge in [-0.05, 0) is 6.42 Å². The van der Waals surface area contributed by atoms with Gasteiger partial charge in [-0.25, -0.2) is 0 Å². The summed E-state index contributed by atoms with van der Waals surface area (Å²) >= 11 is 0. The summed E-state index contributed by atoms with van der Waals surface area (Å²) in [7, 11) is 1.17. The third-order valence-corrected chi connectivity index (χ3v) is 2.80. The molecular formula is C14H30O3P+. The molecule has 0 aromatic heterocycles. The van der Waals surface area contributed by atoms with Crippen molar-refractivity contribution in [1.82, 2.24) is 0 Å². The van der Waals surface area contributed by atoms with Crippen molar-refractivity contribution in [3.8, 4) is 0 Å². The Morgan fingerprint density at radius 2 is 1.22 bits per heavy atom. The van der Waals surface area contributed by atoms with Gasteiger partial charge in [-0.1, -0.05) is 69.3 Å². The van der Waals surface area contributed by atoms with Crippen molar-refractivity contribution in [2.75, 3.05) is 6.61 Å². The van der Waals surface area contributed by atoms with Crippen molar-refractivity contribution in [2.24, 2.45) is 0 Å². The van der Waals surface area contributed by atoms with Crippen molar-refractivity contribution >= 4 is 15.1 Å². The zero-order valence-electron chi connectivity index (χ0n) is 12.1. The lowest BCUT2D eigenvalue weighted by molar-refractivity contribution is -0.141. The molecule has 0 aliphatic rings. The first kappa shape index (κ1) is 19.9. The van der Waals surface area contributed by atoms with E-state index in [0.29, 0.717) is 6.61 Å². The van der Waals surface area contributed by atoms with Crippen LogP contribution in [0, 0.1) is 0 Å². The van der Waals surface area contributed by atoms with Gasteiger partial charge < -0.3 is 4.74 Å². The van der Waals surface area contributed by atoms with Crippen LogP contribution in [0.5, 0.6) is 0 Å². The SMILES string of the molecule is CCCCCCCCCCCCOC(C)=O.O=[PH2+]. The molecule has 1 atom stereocenters. The molecule has 0 saturated carbocycles. The van der Waals surface area contributed by atoms with Crippen LogP contribution in [-0.4, -0.2) is 12.6 Å². The van der Waals surface area contributed by atoms with Gasteiger partial charge in [-0.3, -0.25) is 4.79 Å². The summed E-state index contributed by atoms with van der Waals surface area (Å²) in [6.45, 7) is 4.32. The van der Waals surface area contributed by atoms with Crippen LogP contribution in [0.2, 0.25) is 0 Å². The van der Waals surface area contributed by atoms with Crippen molar-refractivity contribution in [1.29, 1.82) is 0 Å². The third kappa shape index (κ3) is 20.9. The fourth-order valence-electron chi connectivity index (χ4n) is 1.81. The molecule has 0 rings (SSSR count). The van der Waals surface area contributed by atoms with E-state index in [1.807, 2.05) is 0 Å². The van der Waals surface area contributed by atoms with Gasteiger partial charge in [0, 0.05) is 6.92 Å². The maximum absolute atomic E-state index is 10.5. The standard InChI is InChI=1S/C14H28O2.H2OP/c1-3-4-5-6-7-8-9-10-11-12-13-16-14(2)15;1-2/h3-13H2,1-2H3;2H2/q;+1. The number of hydrogen-bond acceptors (Lipinski definition) is 3. The fourth-order valence-corrected chi connectivity index (χ4v) is 1.81. The Morgan fingerprint density at radius 1 is 0.833 bits per heavy atom. The quantitative estimate of drug-likeness (QED) is 0.313. The highest BCUT2D eigenvalue weighted by Gasteiger charge is 1.94. The molecule has 0 radical (unpaired) electrons. The Balaban J connectivity index is 0. The lowest BCUT2D eigenvalue weighted by Crippen LogP contribution is -2.00. The minimum Gasteiger partial charge on any atom is -0.466 e. The molecule has 0 heterocycles. The number of esters is 1. The first-order valence-corrected chi connectivity index (χ1v) is 7.61. The highest BCUT2D eigenvalue weighted by atomic mass is 31.0. The Labute approximate surface area is 114 Å². The van der Waals surface area contributed by atoms with Gasteiger partial charge >= 0.3 is 15.1 Å². The molecule has 0 bridgehead atoms. The molecule has 108 valence electrons. The van der Waals surface area contributed by atoms with Crippen LogP contribution in [0.3, 0.4) is 0 Å². The summed E-state index contributed by atoms with van der Waals surface area (Å²) in [4.78, 5) is 10.5. The molecule has 4 heteroatoms. The molecule has 0 aromatic rings. The van der Waals surface area contributed by atoms with Crippen LogP contribution in [0.15, 0.2) is 0 Å². The molecular weight excluding hydrogens is 247 g/mol. The van der Waals surface area contributed by atoms with Gasteiger partial charge in [0.25, 0.3) is 0 Å².